The monoisotopic (exact) mass is 303 g/mol. The summed E-state index contributed by atoms with van der Waals surface area (Å²) in [6.45, 7) is 4.23. The maximum atomic E-state index is 12.5. The van der Waals surface area contributed by atoms with E-state index in [-0.39, 0.29) is 5.91 Å². The van der Waals surface area contributed by atoms with E-state index < -0.39 is 0 Å². The predicted molar refractivity (Wildman–Crippen MR) is 76.4 cm³/mol. The van der Waals surface area contributed by atoms with Crippen molar-refractivity contribution in [2.45, 2.75) is 20.4 Å². The molecular formula is C13H13N5O2S. The number of carbonyl (C=O) groups is 1. The molecule has 0 spiro atoms. The first-order valence-corrected chi connectivity index (χ1v) is 7.12. The predicted octanol–water partition coefficient (Wildman–Crippen LogP) is 1.86. The van der Waals surface area contributed by atoms with Crippen LogP contribution in [0.5, 0.6) is 0 Å². The number of thiophene rings is 1. The molecule has 3 heterocycles. The normalized spacial score (nSPS) is 10.8. The molecule has 1 N–H and O–H groups in total. The lowest BCUT2D eigenvalue weighted by Gasteiger charge is -2.05. The van der Waals surface area contributed by atoms with Gasteiger partial charge in [0.2, 0.25) is 0 Å². The molecule has 0 aliphatic rings. The molecule has 0 unspecified atom stereocenters. The van der Waals surface area contributed by atoms with Crippen LogP contribution >= 0.6 is 11.3 Å². The second-order valence-electron chi connectivity index (χ2n) is 4.48. The molecule has 3 aromatic rings. The fourth-order valence-electron chi connectivity index (χ4n) is 1.96. The number of nitrogens with one attached hydrogen (secondary N) is 1. The highest BCUT2D eigenvalue weighted by Crippen LogP contribution is 2.30. The molecule has 0 saturated carbocycles. The summed E-state index contributed by atoms with van der Waals surface area (Å²) >= 11 is 1.49. The number of hydrogen-bond acceptors (Lipinski definition) is 6. The van der Waals surface area contributed by atoms with Gasteiger partial charge >= 0.3 is 0 Å². The number of rotatable bonds is 4. The van der Waals surface area contributed by atoms with E-state index in [1.165, 1.54) is 22.3 Å². The summed E-state index contributed by atoms with van der Waals surface area (Å²) in [6.07, 6.45) is 3.06. The Hall–Kier alpha value is -2.48. The van der Waals surface area contributed by atoms with Gasteiger partial charge in [0.1, 0.15) is 17.1 Å². The Kier molecular flexibility index (Phi) is 3.53. The van der Waals surface area contributed by atoms with Crippen LogP contribution in [0.25, 0.3) is 5.00 Å². The molecule has 3 rings (SSSR count). The highest BCUT2D eigenvalue weighted by atomic mass is 32.1. The van der Waals surface area contributed by atoms with Crippen LogP contribution in [0.1, 0.15) is 26.6 Å². The Morgan fingerprint density at radius 3 is 3.00 bits per heavy atom. The molecule has 0 aromatic carbocycles. The first-order valence-electron chi connectivity index (χ1n) is 6.30. The Morgan fingerprint density at radius 1 is 1.48 bits per heavy atom. The SMILES string of the molecule is Cc1sc(-n2cnnn2)c(C(=O)NCc2ccco2)c1C. The minimum Gasteiger partial charge on any atom is -0.467 e. The number of carbonyl (C=O) groups excluding carboxylic acids is 1. The number of tetrazole rings is 1. The summed E-state index contributed by atoms with van der Waals surface area (Å²) in [4.78, 5) is 13.5. The van der Waals surface area contributed by atoms with Crippen molar-refractivity contribution in [2.75, 3.05) is 0 Å². The lowest BCUT2D eigenvalue weighted by Crippen LogP contribution is -2.24. The molecule has 3 aromatic heterocycles. The van der Waals surface area contributed by atoms with E-state index in [1.54, 1.807) is 12.3 Å². The van der Waals surface area contributed by atoms with Crippen molar-refractivity contribution in [3.8, 4) is 5.00 Å². The van der Waals surface area contributed by atoms with Crippen LogP contribution in [0.4, 0.5) is 0 Å². The number of nitrogens with zero attached hydrogens (tertiary/aromatic N) is 4. The van der Waals surface area contributed by atoms with Crippen LogP contribution in [-0.2, 0) is 6.54 Å². The van der Waals surface area contributed by atoms with Crippen molar-refractivity contribution >= 4 is 17.2 Å². The van der Waals surface area contributed by atoms with E-state index in [4.69, 9.17) is 4.42 Å². The number of amides is 1. The van der Waals surface area contributed by atoms with Gasteiger partial charge in [-0.1, -0.05) is 0 Å². The molecule has 7 nitrogen and oxygen atoms in total. The second kappa shape index (κ2) is 5.49. The third kappa shape index (κ3) is 2.57. The number of hydrogen-bond donors (Lipinski definition) is 1. The molecule has 0 fully saturated rings. The summed E-state index contributed by atoms with van der Waals surface area (Å²) in [6, 6.07) is 3.60. The highest BCUT2D eigenvalue weighted by Gasteiger charge is 2.21. The van der Waals surface area contributed by atoms with Crippen molar-refractivity contribution in [2.24, 2.45) is 0 Å². The minimum absolute atomic E-state index is 0.168. The van der Waals surface area contributed by atoms with Crippen molar-refractivity contribution in [3.63, 3.8) is 0 Å². The zero-order valence-electron chi connectivity index (χ0n) is 11.5. The fraction of sp³-hybridized carbons (Fsp3) is 0.231. The Balaban J connectivity index is 1.88. The fourth-order valence-corrected chi connectivity index (χ4v) is 3.03. The lowest BCUT2D eigenvalue weighted by atomic mass is 10.1. The van der Waals surface area contributed by atoms with Gasteiger partial charge in [0.05, 0.1) is 18.4 Å². The first kappa shape index (κ1) is 13.5. The van der Waals surface area contributed by atoms with Crippen LogP contribution in [0.2, 0.25) is 0 Å². The molecule has 108 valence electrons. The van der Waals surface area contributed by atoms with Gasteiger partial charge in [0.25, 0.3) is 5.91 Å². The topological polar surface area (TPSA) is 85.8 Å². The third-order valence-corrected chi connectivity index (χ3v) is 4.35. The number of aromatic nitrogens is 4. The summed E-state index contributed by atoms with van der Waals surface area (Å²) in [7, 11) is 0. The second-order valence-corrected chi connectivity index (χ2v) is 5.68. The maximum Gasteiger partial charge on any atom is 0.255 e. The average Bonchev–Trinajstić information content (AvgIpc) is 3.19. The molecule has 8 heteroatoms. The quantitative estimate of drug-likeness (QED) is 0.795. The summed E-state index contributed by atoms with van der Waals surface area (Å²) < 4.78 is 6.71. The lowest BCUT2D eigenvalue weighted by molar-refractivity contribution is 0.0947. The van der Waals surface area contributed by atoms with E-state index >= 15 is 0 Å². The summed E-state index contributed by atoms with van der Waals surface area (Å²) in [5.41, 5.74) is 1.53. The number of furan rings is 1. The van der Waals surface area contributed by atoms with Crippen molar-refractivity contribution in [3.05, 3.63) is 46.5 Å². The average molecular weight is 303 g/mol. The zero-order valence-corrected chi connectivity index (χ0v) is 12.3. The highest BCUT2D eigenvalue weighted by molar-refractivity contribution is 7.15. The van der Waals surface area contributed by atoms with Gasteiger partial charge in [0, 0.05) is 4.88 Å². The van der Waals surface area contributed by atoms with Gasteiger partial charge in [-0.15, -0.1) is 16.4 Å². The number of aryl methyl sites for hydroxylation is 1. The molecule has 0 aliphatic heterocycles. The van der Waals surface area contributed by atoms with Crippen LogP contribution in [0, 0.1) is 13.8 Å². The van der Waals surface area contributed by atoms with E-state index in [0.29, 0.717) is 22.9 Å². The molecule has 1 amide bonds. The van der Waals surface area contributed by atoms with Crippen LogP contribution in [0.15, 0.2) is 29.1 Å². The molecule has 21 heavy (non-hydrogen) atoms. The van der Waals surface area contributed by atoms with Gasteiger partial charge in [0.15, 0.2) is 0 Å². The Bertz CT molecular complexity index is 746. The molecule has 0 bridgehead atoms. The van der Waals surface area contributed by atoms with Crippen LogP contribution < -0.4 is 5.32 Å². The Labute approximate surface area is 124 Å². The standard InChI is InChI=1S/C13H13N5O2S/c1-8-9(2)21-13(18-7-15-16-17-18)11(8)12(19)14-6-10-4-3-5-20-10/h3-5,7H,6H2,1-2H3,(H,14,19). The smallest absolute Gasteiger partial charge is 0.255 e. The molecule has 0 radical (unpaired) electrons. The van der Waals surface area contributed by atoms with Gasteiger partial charge < -0.3 is 9.73 Å². The van der Waals surface area contributed by atoms with Crippen molar-refractivity contribution in [1.82, 2.24) is 25.5 Å². The van der Waals surface area contributed by atoms with Gasteiger partial charge in [-0.05, 0) is 42.0 Å². The van der Waals surface area contributed by atoms with Crippen LogP contribution in [0.3, 0.4) is 0 Å². The maximum absolute atomic E-state index is 12.5. The third-order valence-electron chi connectivity index (χ3n) is 3.15. The minimum atomic E-state index is -0.168. The van der Waals surface area contributed by atoms with E-state index in [2.05, 4.69) is 20.8 Å². The molecule has 0 saturated heterocycles. The molecule has 0 aliphatic carbocycles. The van der Waals surface area contributed by atoms with Crippen molar-refractivity contribution < 1.29 is 9.21 Å². The Morgan fingerprint density at radius 2 is 2.33 bits per heavy atom. The van der Waals surface area contributed by atoms with E-state index in [0.717, 1.165) is 10.4 Å². The van der Waals surface area contributed by atoms with E-state index in [9.17, 15) is 4.79 Å². The molecular weight excluding hydrogens is 290 g/mol. The van der Waals surface area contributed by atoms with E-state index in [1.807, 2.05) is 19.9 Å². The van der Waals surface area contributed by atoms with Gasteiger partial charge in [-0.25, -0.2) is 0 Å². The zero-order chi connectivity index (χ0) is 14.8. The largest absolute Gasteiger partial charge is 0.467 e. The van der Waals surface area contributed by atoms with Crippen molar-refractivity contribution in [1.29, 1.82) is 0 Å². The van der Waals surface area contributed by atoms with Gasteiger partial charge in [-0.3, -0.25) is 4.79 Å². The van der Waals surface area contributed by atoms with Crippen LogP contribution in [-0.4, -0.2) is 26.1 Å². The van der Waals surface area contributed by atoms with Gasteiger partial charge in [-0.2, -0.15) is 4.68 Å². The summed E-state index contributed by atoms with van der Waals surface area (Å²) in [5, 5.41) is 14.7. The first-order chi connectivity index (χ1) is 10.2. The summed E-state index contributed by atoms with van der Waals surface area (Å²) in [5.74, 6) is 0.538. The molecule has 0 atom stereocenters.